The van der Waals surface area contributed by atoms with Crippen LogP contribution in [0.1, 0.15) is 37.2 Å². The van der Waals surface area contributed by atoms with E-state index in [1.54, 1.807) is 6.07 Å². The molecule has 0 saturated heterocycles. The smallest absolute Gasteiger partial charge is 0.0491 e. The van der Waals surface area contributed by atoms with E-state index in [0.29, 0.717) is 17.3 Å². The normalized spacial score (nSPS) is 16.3. The number of anilines is 2. The SMILES string of the molecule is [B][B]B([B])B(B(B([B])[B])B([B])[B])B(B(B([B])[B])B([B])[B])C1CCC(c2ccc(-c3cc(N)cc(N)c3)cc2)CC1. The molecule has 1 aliphatic carbocycles. The van der Waals surface area contributed by atoms with Crippen LogP contribution in [0.3, 0.4) is 0 Å². The van der Waals surface area contributed by atoms with E-state index < -0.39 is 51.1 Å². The first-order valence-electron chi connectivity index (χ1n) is 14.0. The Labute approximate surface area is 260 Å². The zero-order valence-corrected chi connectivity index (χ0v) is 23.2. The van der Waals surface area contributed by atoms with Gasteiger partial charge < -0.3 is 11.5 Å². The summed E-state index contributed by atoms with van der Waals surface area (Å²) < 4.78 is 0. The predicted molar refractivity (Wildman–Crippen MR) is 201 cm³/mol. The Kier molecular flexibility index (Phi) is 12.8. The molecule has 2 aromatic rings. The molecule has 0 spiro atoms. The molecular weight excluding hydrogens is 460 g/mol. The summed E-state index contributed by atoms with van der Waals surface area (Å²) in [6, 6.07) is 14.1. The maximum atomic E-state index is 6.56. The molecule has 0 amide bonds. The summed E-state index contributed by atoms with van der Waals surface area (Å²) in [5.74, 6) is 0.516. The molecule has 21 radical (unpaired) electrons. The van der Waals surface area contributed by atoms with E-state index in [1.165, 1.54) is 12.6 Å². The van der Waals surface area contributed by atoms with Crippen LogP contribution in [0.25, 0.3) is 11.1 Å². The number of rotatable bonds is 12. The Bertz CT molecular complexity index is 1030. The summed E-state index contributed by atoms with van der Waals surface area (Å²) in [4.78, 5) is 0. The third-order valence-corrected chi connectivity index (χ3v) is 8.79. The second-order valence-electron chi connectivity index (χ2n) is 11.5. The molecule has 3 rings (SSSR count). The van der Waals surface area contributed by atoms with Crippen molar-refractivity contribution in [1.29, 1.82) is 0 Å². The van der Waals surface area contributed by atoms with E-state index >= 15 is 0 Å². The van der Waals surface area contributed by atoms with Crippen molar-refractivity contribution in [2.45, 2.75) is 37.4 Å². The molecular formula is C18H21B20N2. The Balaban J connectivity index is 1.87. The van der Waals surface area contributed by atoms with Gasteiger partial charge in [-0.2, -0.15) is 0 Å². The van der Waals surface area contributed by atoms with Crippen molar-refractivity contribution in [1.82, 2.24) is 0 Å². The first-order chi connectivity index (χ1) is 18.8. The maximum absolute atomic E-state index is 6.56. The van der Waals surface area contributed by atoms with Gasteiger partial charge in [0.15, 0.2) is 0 Å². The molecule has 0 heterocycles. The average Bonchev–Trinajstić information content (AvgIpc) is 2.88. The first kappa shape index (κ1) is 33.8. The lowest BCUT2D eigenvalue weighted by atomic mass is 8.41. The van der Waals surface area contributed by atoms with Crippen LogP contribution in [-0.4, -0.2) is 142 Å². The number of nitrogens with two attached hydrogens (primary N) is 2. The minimum atomic E-state index is -0.840. The quantitative estimate of drug-likeness (QED) is 0.249. The van der Waals surface area contributed by atoms with E-state index in [0.717, 1.165) is 36.8 Å². The fourth-order valence-corrected chi connectivity index (χ4v) is 6.95. The highest BCUT2D eigenvalue weighted by molar-refractivity contribution is 8.15. The van der Waals surface area contributed by atoms with Crippen LogP contribution in [0.15, 0.2) is 42.5 Å². The van der Waals surface area contributed by atoms with Gasteiger partial charge in [-0.3, -0.25) is 0 Å². The summed E-state index contributed by atoms with van der Waals surface area (Å²) in [5, 5.41) is 0. The molecule has 22 heteroatoms. The molecule has 1 saturated carbocycles. The molecule has 40 heavy (non-hydrogen) atoms. The molecule has 1 fully saturated rings. The Morgan fingerprint density at radius 2 is 1.07 bits per heavy atom. The van der Waals surface area contributed by atoms with E-state index in [1.807, 2.05) is 12.1 Å². The molecule has 4 N–H and O–H groups in total. The van der Waals surface area contributed by atoms with Gasteiger partial charge in [0, 0.05) is 153 Å². The van der Waals surface area contributed by atoms with Gasteiger partial charge in [-0.15, -0.1) is 0 Å². The van der Waals surface area contributed by atoms with Crippen molar-refractivity contribution in [2.75, 3.05) is 11.5 Å². The van der Waals surface area contributed by atoms with Gasteiger partial charge in [-0.25, -0.2) is 0 Å². The van der Waals surface area contributed by atoms with Crippen molar-refractivity contribution in [3.8, 4) is 11.1 Å². The van der Waals surface area contributed by atoms with Crippen LogP contribution in [0.4, 0.5) is 11.4 Å². The van der Waals surface area contributed by atoms with Crippen LogP contribution < -0.4 is 11.5 Å². The molecule has 163 valence electrons. The van der Waals surface area contributed by atoms with E-state index in [-0.39, 0.29) is 12.3 Å². The second-order valence-corrected chi connectivity index (χ2v) is 11.5. The number of hydrogen-bond donors (Lipinski definition) is 2. The molecule has 1 aliphatic rings. The van der Waals surface area contributed by atoms with E-state index in [4.69, 9.17) is 88.8 Å². The summed E-state index contributed by atoms with van der Waals surface area (Å²) in [6.07, 6.45) is -1.73. The molecule has 0 atom stereocenters. The van der Waals surface area contributed by atoms with Crippen molar-refractivity contribution < 1.29 is 0 Å². The van der Waals surface area contributed by atoms with Crippen molar-refractivity contribution in [2.24, 2.45) is 0 Å². The van der Waals surface area contributed by atoms with Gasteiger partial charge >= 0.3 is 0 Å². The van der Waals surface area contributed by atoms with Gasteiger partial charge in [0.25, 0.3) is 0 Å². The molecule has 0 aliphatic heterocycles. The monoisotopic (exact) mass is 485 g/mol. The third-order valence-electron chi connectivity index (χ3n) is 8.79. The van der Waals surface area contributed by atoms with Gasteiger partial charge in [-0.1, -0.05) is 42.9 Å². The van der Waals surface area contributed by atoms with Crippen LogP contribution in [0, 0.1) is 0 Å². The highest BCUT2D eigenvalue weighted by Crippen LogP contribution is 2.42. The number of nitrogen functional groups attached to an aromatic ring is 2. The Morgan fingerprint density at radius 3 is 1.50 bits per heavy atom. The average molecular weight is 482 g/mol. The predicted octanol–water partition coefficient (Wildman–Crippen LogP) is -3.10. The first-order valence-corrected chi connectivity index (χ1v) is 14.0. The number of benzene rings is 2. The largest absolute Gasteiger partial charge is 0.399 e. The summed E-state index contributed by atoms with van der Waals surface area (Å²) in [6.45, 7) is -0.249. The van der Waals surface area contributed by atoms with Crippen molar-refractivity contribution in [3.05, 3.63) is 48.0 Å². The topological polar surface area (TPSA) is 52.0 Å². The van der Waals surface area contributed by atoms with Crippen LogP contribution in [0.2, 0.25) is 5.82 Å². The van der Waals surface area contributed by atoms with Gasteiger partial charge in [0.1, 0.15) is 0 Å². The molecule has 0 unspecified atom stereocenters. The summed E-state index contributed by atoms with van der Waals surface area (Å²) in [7, 11) is 63.8. The zero-order chi connectivity index (χ0) is 29.7. The van der Waals surface area contributed by atoms with E-state index in [2.05, 4.69) is 24.3 Å². The lowest BCUT2D eigenvalue weighted by Gasteiger charge is -2.48. The molecule has 2 nitrogen and oxygen atoms in total. The molecule has 0 bridgehead atoms. The van der Waals surface area contributed by atoms with Gasteiger partial charge in [0.05, 0.1) is 0 Å². The minimum Gasteiger partial charge on any atom is -0.399 e. The van der Waals surface area contributed by atoms with Crippen molar-refractivity contribution >= 4 is 153 Å². The Hall–Kier alpha value is -0.661. The highest BCUT2D eigenvalue weighted by atomic mass is 14.6. The highest BCUT2D eigenvalue weighted by Gasteiger charge is 2.49. The van der Waals surface area contributed by atoms with Crippen LogP contribution in [0.5, 0.6) is 0 Å². The van der Waals surface area contributed by atoms with E-state index in [9.17, 15) is 0 Å². The lowest BCUT2D eigenvalue weighted by molar-refractivity contribution is 0.442. The van der Waals surface area contributed by atoms with Gasteiger partial charge in [-0.05, 0) is 53.6 Å². The fourth-order valence-electron chi connectivity index (χ4n) is 6.95. The Morgan fingerprint density at radius 1 is 0.600 bits per heavy atom. The molecule has 2 aromatic carbocycles. The summed E-state index contributed by atoms with van der Waals surface area (Å²) in [5.41, 5.74) is 16.6. The molecule has 0 aromatic heterocycles. The van der Waals surface area contributed by atoms with Crippen molar-refractivity contribution in [3.63, 3.8) is 0 Å². The lowest BCUT2D eigenvalue weighted by Crippen LogP contribution is -2.80. The standard InChI is InChI=1S/C18H21B20N2/c19-29-35(28)37(38(33(24)25)34(26)27)30(36(31(20)21)32(22)23)16-7-5-13(6-8-16)12-1-3-14(4-2-12)15-9-17(39)11-18(40)10-15/h1-4,9-11,13,16H,5-8,39-40H2. The fraction of sp³-hybridized carbons (Fsp3) is 0.333. The minimum absolute atomic E-state index is 0.135. The zero-order valence-electron chi connectivity index (χ0n) is 23.2. The number of hydrogen-bond acceptors (Lipinski definition) is 2. The van der Waals surface area contributed by atoms with Gasteiger partial charge in [0.2, 0.25) is 0 Å². The maximum Gasteiger partial charge on any atom is 0.0491 e. The second kappa shape index (κ2) is 15.2. The summed E-state index contributed by atoms with van der Waals surface area (Å²) >= 11 is 0. The van der Waals surface area contributed by atoms with Crippen LogP contribution >= 0.6 is 0 Å². The third kappa shape index (κ3) is 8.24. The van der Waals surface area contributed by atoms with Crippen LogP contribution in [-0.2, 0) is 0 Å².